The minimum absolute atomic E-state index is 0.112. The van der Waals surface area contributed by atoms with E-state index in [-0.39, 0.29) is 5.92 Å². The van der Waals surface area contributed by atoms with Crippen LogP contribution in [0.3, 0.4) is 0 Å². The average Bonchev–Trinajstić information content (AvgIpc) is 3.32. The summed E-state index contributed by atoms with van der Waals surface area (Å²) in [5.74, 6) is 2.30. The van der Waals surface area contributed by atoms with E-state index in [0.717, 1.165) is 28.3 Å². The summed E-state index contributed by atoms with van der Waals surface area (Å²) in [5, 5.41) is 4.73. The molecule has 3 heterocycles. The molecule has 8 nitrogen and oxygen atoms in total. The fourth-order valence-corrected chi connectivity index (χ4v) is 5.86. The van der Waals surface area contributed by atoms with Crippen molar-refractivity contribution in [3.05, 3.63) is 72.7 Å². The van der Waals surface area contributed by atoms with Gasteiger partial charge in [0.05, 0.1) is 19.1 Å². The maximum Gasteiger partial charge on any atom is 0.243 e. The second kappa shape index (κ2) is 9.08. The van der Waals surface area contributed by atoms with Gasteiger partial charge in [-0.05, 0) is 49.2 Å². The molecule has 9 heteroatoms. The van der Waals surface area contributed by atoms with Gasteiger partial charge in [-0.3, -0.25) is 0 Å². The number of fused-ring (bicyclic) bond motifs is 1. The van der Waals surface area contributed by atoms with Gasteiger partial charge in [-0.1, -0.05) is 18.2 Å². The first-order valence-corrected chi connectivity index (χ1v) is 12.6. The molecule has 1 aliphatic rings. The van der Waals surface area contributed by atoms with Crippen LogP contribution in [-0.4, -0.2) is 54.6 Å². The number of rotatable bonds is 6. The van der Waals surface area contributed by atoms with Gasteiger partial charge in [-0.2, -0.15) is 9.40 Å². The van der Waals surface area contributed by atoms with Crippen molar-refractivity contribution in [3.8, 4) is 22.6 Å². The van der Waals surface area contributed by atoms with Gasteiger partial charge >= 0.3 is 0 Å². The van der Waals surface area contributed by atoms with E-state index in [9.17, 15) is 8.42 Å². The van der Waals surface area contributed by atoms with Crippen LogP contribution in [0.1, 0.15) is 24.6 Å². The second-order valence-electron chi connectivity index (χ2n) is 8.25. The normalized spacial score (nSPS) is 15.5. The Morgan fingerprint density at radius 2 is 1.71 bits per heavy atom. The highest BCUT2D eigenvalue weighted by atomic mass is 32.2. The zero-order valence-electron chi connectivity index (χ0n) is 19.1. The summed E-state index contributed by atoms with van der Waals surface area (Å²) in [6.07, 6.45) is 3.30. The van der Waals surface area contributed by atoms with Gasteiger partial charge in [0.2, 0.25) is 10.0 Å². The van der Waals surface area contributed by atoms with Crippen LogP contribution in [0.4, 0.5) is 0 Å². The molecule has 1 aliphatic heterocycles. The summed E-state index contributed by atoms with van der Waals surface area (Å²) in [7, 11) is -0.216. The Morgan fingerprint density at radius 1 is 0.941 bits per heavy atom. The van der Waals surface area contributed by atoms with E-state index in [4.69, 9.17) is 19.6 Å². The Hall–Kier alpha value is -3.43. The van der Waals surface area contributed by atoms with Gasteiger partial charge < -0.3 is 9.47 Å². The monoisotopic (exact) mass is 478 g/mol. The third-order valence-electron chi connectivity index (χ3n) is 6.27. The number of hydrogen-bond donors (Lipinski definition) is 0. The Kier molecular flexibility index (Phi) is 5.97. The lowest BCUT2D eigenvalue weighted by Crippen LogP contribution is -2.38. The van der Waals surface area contributed by atoms with E-state index < -0.39 is 10.0 Å². The fraction of sp³-hybridized carbons (Fsp3) is 0.280. The molecule has 34 heavy (non-hydrogen) atoms. The molecule has 1 fully saturated rings. The number of methoxy groups -OCH3 is 2. The molecule has 4 aromatic rings. The number of hydrogen-bond acceptors (Lipinski definition) is 6. The lowest BCUT2D eigenvalue weighted by molar-refractivity contribution is 0.313. The molecular weight excluding hydrogens is 452 g/mol. The highest BCUT2D eigenvalue weighted by molar-refractivity contribution is 7.89. The van der Waals surface area contributed by atoms with Crippen molar-refractivity contribution in [1.29, 1.82) is 0 Å². The van der Waals surface area contributed by atoms with Crippen LogP contribution in [0.2, 0.25) is 0 Å². The molecule has 0 bridgehead atoms. The van der Waals surface area contributed by atoms with E-state index in [1.165, 1.54) is 0 Å². The number of aromatic nitrogens is 3. The van der Waals surface area contributed by atoms with Crippen LogP contribution < -0.4 is 9.47 Å². The topological polar surface area (TPSA) is 86.0 Å². The van der Waals surface area contributed by atoms with Crippen LogP contribution in [0.25, 0.3) is 16.8 Å². The first-order chi connectivity index (χ1) is 16.5. The minimum Gasteiger partial charge on any atom is -0.497 e. The minimum atomic E-state index is -3.47. The summed E-state index contributed by atoms with van der Waals surface area (Å²) in [5.41, 5.74) is 2.64. The Bertz CT molecular complexity index is 1410. The van der Waals surface area contributed by atoms with Crippen LogP contribution in [0, 0.1) is 0 Å². The van der Waals surface area contributed by atoms with E-state index in [0.29, 0.717) is 36.6 Å². The van der Waals surface area contributed by atoms with E-state index in [2.05, 4.69) is 0 Å². The van der Waals surface area contributed by atoms with Crippen LogP contribution in [0.5, 0.6) is 11.5 Å². The molecule has 1 saturated heterocycles. The number of pyridine rings is 1. The van der Waals surface area contributed by atoms with Crippen LogP contribution in [-0.2, 0) is 10.0 Å². The molecule has 0 atom stereocenters. The maximum atomic E-state index is 12.9. The predicted molar refractivity (Wildman–Crippen MR) is 129 cm³/mol. The number of ether oxygens (including phenoxy) is 2. The van der Waals surface area contributed by atoms with Gasteiger partial charge in [0.1, 0.15) is 11.5 Å². The van der Waals surface area contributed by atoms with Crippen molar-refractivity contribution in [2.45, 2.75) is 23.7 Å². The maximum absolute atomic E-state index is 12.9. The standard InChI is InChI=1S/C25H26N4O4S/c1-32-20-9-10-22(23(16-20)33-2)19-8-11-24-26-25(27-29(24)17-19)18-12-14-28(15-13-18)34(30,31)21-6-4-3-5-7-21/h3-11,16-18H,12-15H2,1-2H3. The van der Waals surface area contributed by atoms with E-state index in [1.807, 2.05) is 42.6 Å². The molecule has 2 aromatic carbocycles. The highest BCUT2D eigenvalue weighted by Crippen LogP contribution is 2.34. The van der Waals surface area contributed by atoms with Crippen molar-refractivity contribution in [3.63, 3.8) is 0 Å². The van der Waals surface area contributed by atoms with Gasteiger partial charge in [-0.15, -0.1) is 0 Å². The summed E-state index contributed by atoms with van der Waals surface area (Å²) in [6.45, 7) is 0.900. The Balaban J connectivity index is 1.35. The molecule has 0 saturated carbocycles. The summed E-state index contributed by atoms with van der Waals surface area (Å²) >= 11 is 0. The average molecular weight is 479 g/mol. The van der Waals surface area contributed by atoms with Crippen LogP contribution in [0.15, 0.2) is 71.8 Å². The highest BCUT2D eigenvalue weighted by Gasteiger charge is 2.31. The van der Waals surface area contributed by atoms with Gasteiger partial charge in [0, 0.05) is 42.4 Å². The summed E-state index contributed by atoms with van der Waals surface area (Å²) < 4.78 is 40.0. The van der Waals surface area contributed by atoms with Crippen molar-refractivity contribution in [2.75, 3.05) is 27.3 Å². The Labute approximate surface area is 198 Å². The molecule has 176 valence electrons. The fourth-order valence-electron chi connectivity index (χ4n) is 4.37. The van der Waals surface area contributed by atoms with E-state index in [1.54, 1.807) is 47.3 Å². The molecule has 0 N–H and O–H groups in total. The molecule has 0 radical (unpaired) electrons. The van der Waals surface area contributed by atoms with Gasteiger partial charge in [-0.25, -0.2) is 17.9 Å². The predicted octanol–water partition coefficient (Wildman–Crippen LogP) is 3.98. The third kappa shape index (κ3) is 4.12. The number of sulfonamides is 1. The summed E-state index contributed by atoms with van der Waals surface area (Å²) in [6, 6.07) is 18.2. The van der Waals surface area contributed by atoms with Crippen molar-refractivity contribution in [1.82, 2.24) is 18.9 Å². The van der Waals surface area contributed by atoms with Gasteiger partial charge in [0.25, 0.3) is 0 Å². The lowest BCUT2D eigenvalue weighted by Gasteiger charge is -2.29. The molecule has 0 amide bonds. The zero-order valence-corrected chi connectivity index (χ0v) is 19.9. The van der Waals surface area contributed by atoms with Crippen molar-refractivity contribution >= 4 is 15.7 Å². The Morgan fingerprint density at radius 3 is 2.41 bits per heavy atom. The van der Waals surface area contributed by atoms with Crippen molar-refractivity contribution < 1.29 is 17.9 Å². The van der Waals surface area contributed by atoms with Crippen LogP contribution >= 0.6 is 0 Å². The second-order valence-corrected chi connectivity index (χ2v) is 10.2. The molecule has 2 aromatic heterocycles. The third-order valence-corrected chi connectivity index (χ3v) is 8.18. The number of nitrogens with zero attached hydrogens (tertiary/aromatic N) is 4. The SMILES string of the molecule is COc1ccc(-c2ccc3nc(C4CCN(S(=O)(=O)c5ccccc5)CC4)nn3c2)c(OC)c1. The largest absolute Gasteiger partial charge is 0.497 e. The molecule has 0 aliphatic carbocycles. The smallest absolute Gasteiger partial charge is 0.243 e. The molecule has 5 rings (SSSR count). The number of piperidine rings is 1. The van der Waals surface area contributed by atoms with E-state index >= 15 is 0 Å². The molecular formula is C25H26N4O4S. The summed E-state index contributed by atoms with van der Waals surface area (Å²) in [4.78, 5) is 5.05. The lowest BCUT2D eigenvalue weighted by atomic mass is 9.98. The molecule has 0 unspecified atom stereocenters. The quantitative estimate of drug-likeness (QED) is 0.417. The first-order valence-electron chi connectivity index (χ1n) is 11.1. The zero-order chi connectivity index (χ0) is 23.7. The van der Waals surface area contributed by atoms with Gasteiger partial charge in [0.15, 0.2) is 11.5 Å². The number of benzene rings is 2. The van der Waals surface area contributed by atoms with Crippen molar-refractivity contribution in [2.24, 2.45) is 0 Å². The first kappa shape index (κ1) is 22.4. The molecule has 0 spiro atoms.